The molecule has 0 amide bonds. The SMILES string of the molecule is O=S(=O)(c1ccc(C2CNC2)cc1)C1CCCCC1. The first-order chi connectivity index (χ1) is 9.18. The second-order valence-corrected chi connectivity index (χ2v) is 7.96. The molecule has 1 aliphatic heterocycles. The average Bonchev–Trinajstić information content (AvgIpc) is 2.38. The lowest BCUT2D eigenvalue weighted by Crippen LogP contribution is -2.39. The van der Waals surface area contributed by atoms with Crippen LogP contribution in [0.5, 0.6) is 0 Å². The maximum atomic E-state index is 12.5. The lowest BCUT2D eigenvalue weighted by Gasteiger charge is -2.27. The number of rotatable bonds is 3. The van der Waals surface area contributed by atoms with Gasteiger partial charge in [-0.05, 0) is 30.5 Å². The van der Waals surface area contributed by atoms with Crippen LogP contribution in [0.1, 0.15) is 43.6 Å². The van der Waals surface area contributed by atoms with Gasteiger partial charge in [0.1, 0.15) is 0 Å². The second kappa shape index (κ2) is 5.25. The van der Waals surface area contributed by atoms with Crippen molar-refractivity contribution in [3.8, 4) is 0 Å². The van der Waals surface area contributed by atoms with Gasteiger partial charge in [-0.1, -0.05) is 31.4 Å². The summed E-state index contributed by atoms with van der Waals surface area (Å²) in [7, 11) is -3.11. The first kappa shape index (κ1) is 13.1. The first-order valence-corrected chi connectivity index (χ1v) is 8.77. The van der Waals surface area contributed by atoms with Gasteiger partial charge in [-0.15, -0.1) is 0 Å². The van der Waals surface area contributed by atoms with Crippen LogP contribution in [0.15, 0.2) is 29.2 Å². The van der Waals surface area contributed by atoms with Crippen LogP contribution in [-0.2, 0) is 9.84 Å². The van der Waals surface area contributed by atoms with Gasteiger partial charge in [0.2, 0.25) is 0 Å². The number of sulfone groups is 1. The molecule has 1 saturated carbocycles. The molecule has 1 aromatic rings. The second-order valence-electron chi connectivity index (χ2n) is 5.73. The van der Waals surface area contributed by atoms with Gasteiger partial charge in [-0.3, -0.25) is 0 Å². The molecule has 2 aliphatic rings. The third kappa shape index (κ3) is 2.56. The summed E-state index contributed by atoms with van der Waals surface area (Å²) in [5.74, 6) is 0.562. The highest BCUT2D eigenvalue weighted by molar-refractivity contribution is 7.92. The quantitative estimate of drug-likeness (QED) is 0.924. The van der Waals surface area contributed by atoms with E-state index in [-0.39, 0.29) is 5.25 Å². The summed E-state index contributed by atoms with van der Waals surface area (Å²) in [6.07, 6.45) is 4.94. The molecule has 0 bridgehead atoms. The van der Waals surface area contributed by atoms with Crippen molar-refractivity contribution in [1.29, 1.82) is 0 Å². The Hall–Kier alpha value is -0.870. The first-order valence-electron chi connectivity index (χ1n) is 7.22. The van der Waals surface area contributed by atoms with E-state index in [0.29, 0.717) is 10.8 Å². The number of benzene rings is 1. The summed E-state index contributed by atoms with van der Waals surface area (Å²) in [6.45, 7) is 2.02. The molecule has 3 rings (SSSR count). The molecule has 1 aliphatic carbocycles. The van der Waals surface area contributed by atoms with E-state index in [1.807, 2.05) is 12.1 Å². The van der Waals surface area contributed by atoms with E-state index < -0.39 is 9.84 Å². The van der Waals surface area contributed by atoms with E-state index >= 15 is 0 Å². The summed E-state index contributed by atoms with van der Waals surface area (Å²) >= 11 is 0. The van der Waals surface area contributed by atoms with Crippen LogP contribution in [0.2, 0.25) is 0 Å². The van der Waals surface area contributed by atoms with Gasteiger partial charge in [0, 0.05) is 19.0 Å². The van der Waals surface area contributed by atoms with Crippen molar-refractivity contribution in [2.75, 3.05) is 13.1 Å². The van der Waals surface area contributed by atoms with Crippen molar-refractivity contribution < 1.29 is 8.42 Å². The standard InChI is InChI=1S/C15H21NO2S/c17-19(18,14-4-2-1-3-5-14)15-8-6-12(7-9-15)13-10-16-11-13/h6-9,13-14,16H,1-5,10-11H2. The van der Waals surface area contributed by atoms with Crippen LogP contribution in [0.3, 0.4) is 0 Å². The molecule has 4 heteroatoms. The Labute approximate surface area is 115 Å². The molecule has 0 unspecified atom stereocenters. The zero-order chi connectivity index (χ0) is 13.3. The third-order valence-electron chi connectivity index (χ3n) is 4.45. The Balaban J connectivity index is 1.80. The molecule has 104 valence electrons. The molecule has 1 heterocycles. The monoisotopic (exact) mass is 279 g/mol. The Morgan fingerprint density at radius 3 is 2.11 bits per heavy atom. The largest absolute Gasteiger partial charge is 0.315 e. The van der Waals surface area contributed by atoms with Crippen LogP contribution in [0.25, 0.3) is 0 Å². The van der Waals surface area contributed by atoms with Gasteiger partial charge in [-0.2, -0.15) is 0 Å². The van der Waals surface area contributed by atoms with Gasteiger partial charge in [0.15, 0.2) is 9.84 Å². The van der Waals surface area contributed by atoms with Gasteiger partial charge in [0.05, 0.1) is 10.1 Å². The number of hydrogen-bond acceptors (Lipinski definition) is 3. The van der Waals surface area contributed by atoms with Gasteiger partial charge in [-0.25, -0.2) is 8.42 Å². The summed E-state index contributed by atoms with van der Waals surface area (Å²) in [4.78, 5) is 0.510. The van der Waals surface area contributed by atoms with E-state index in [0.717, 1.165) is 38.8 Å². The molecule has 1 aromatic carbocycles. The smallest absolute Gasteiger partial charge is 0.181 e. The fourth-order valence-electron chi connectivity index (χ4n) is 3.02. The normalized spacial score (nSPS) is 22.1. The molecule has 2 fully saturated rings. The van der Waals surface area contributed by atoms with Crippen molar-refractivity contribution in [2.45, 2.75) is 48.2 Å². The summed E-state index contributed by atoms with van der Waals surface area (Å²) in [6, 6.07) is 7.58. The van der Waals surface area contributed by atoms with Crippen LogP contribution >= 0.6 is 0 Å². The predicted octanol–water partition coefficient (Wildman–Crippen LogP) is 2.48. The Bertz CT molecular complexity index is 526. The van der Waals surface area contributed by atoms with E-state index in [1.54, 1.807) is 12.1 Å². The minimum absolute atomic E-state index is 0.155. The van der Waals surface area contributed by atoms with Crippen molar-refractivity contribution in [3.05, 3.63) is 29.8 Å². The summed E-state index contributed by atoms with van der Waals surface area (Å²) in [5.41, 5.74) is 1.25. The maximum absolute atomic E-state index is 12.5. The molecule has 1 N–H and O–H groups in total. The van der Waals surface area contributed by atoms with Crippen molar-refractivity contribution in [3.63, 3.8) is 0 Å². The lowest BCUT2D eigenvalue weighted by molar-refractivity contribution is 0.448. The molecule has 0 radical (unpaired) electrons. The minimum atomic E-state index is -3.11. The minimum Gasteiger partial charge on any atom is -0.315 e. The zero-order valence-electron chi connectivity index (χ0n) is 11.1. The van der Waals surface area contributed by atoms with Gasteiger partial charge in [0.25, 0.3) is 0 Å². The van der Waals surface area contributed by atoms with Crippen LogP contribution in [0.4, 0.5) is 0 Å². The van der Waals surface area contributed by atoms with Crippen molar-refractivity contribution >= 4 is 9.84 Å². The van der Waals surface area contributed by atoms with Gasteiger partial charge >= 0.3 is 0 Å². The maximum Gasteiger partial charge on any atom is 0.181 e. The molecule has 1 saturated heterocycles. The van der Waals surface area contributed by atoms with E-state index in [1.165, 1.54) is 12.0 Å². The van der Waals surface area contributed by atoms with E-state index in [2.05, 4.69) is 5.32 Å². The van der Waals surface area contributed by atoms with E-state index in [9.17, 15) is 8.42 Å². The molecule has 3 nitrogen and oxygen atoms in total. The Morgan fingerprint density at radius 1 is 0.947 bits per heavy atom. The Kier molecular flexibility index (Phi) is 3.63. The summed E-state index contributed by atoms with van der Waals surface area (Å²) in [5, 5.41) is 3.08. The average molecular weight is 279 g/mol. The fraction of sp³-hybridized carbons (Fsp3) is 0.600. The number of nitrogens with one attached hydrogen (secondary N) is 1. The van der Waals surface area contributed by atoms with Crippen molar-refractivity contribution in [1.82, 2.24) is 5.32 Å². The summed E-state index contributed by atoms with van der Waals surface area (Å²) < 4.78 is 25.1. The molecular formula is C15H21NO2S. The molecular weight excluding hydrogens is 258 g/mol. The van der Waals surface area contributed by atoms with E-state index in [4.69, 9.17) is 0 Å². The van der Waals surface area contributed by atoms with Crippen molar-refractivity contribution in [2.24, 2.45) is 0 Å². The molecule has 0 atom stereocenters. The molecule has 19 heavy (non-hydrogen) atoms. The Morgan fingerprint density at radius 2 is 1.58 bits per heavy atom. The predicted molar refractivity (Wildman–Crippen MR) is 76.1 cm³/mol. The molecule has 0 aromatic heterocycles. The third-order valence-corrected chi connectivity index (χ3v) is 6.73. The topological polar surface area (TPSA) is 46.2 Å². The highest BCUT2D eigenvalue weighted by Gasteiger charge is 2.29. The highest BCUT2D eigenvalue weighted by atomic mass is 32.2. The van der Waals surface area contributed by atoms with Crippen LogP contribution in [-0.4, -0.2) is 26.8 Å². The van der Waals surface area contributed by atoms with Gasteiger partial charge < -0.3 is 5.32 Å². The highest BCUT2D eigenvalue weighted by Crippen LogP contribution is 2.29. The lowest BCUT2D eigenvalue weighted by atomic mass is 9.94. The molecule has 0 spiro atoms. The van der Waals surface area contributed by atoms with Crippen LogP contribution in [0, 0.1) is 0 Å². The number of hydrogen-bond donors (Lipinski definition) is 1. The fourth-order valence-corrected chi connectivity index (χ4v) is 4.88. The zero-order valence-corrected chi connectivity index (χ0v) is 12.0. The van der Waals surface area contributed by atoms with Crippen LogP contribution < -0.4 is 5.32 Å².